The zero-order chi connectivity index (χ0) is 12.6. The topological polar surface area (TPSA) is 12.0 Å². The van der Waals surface area contributed by atoms with Gasteiger partial charge in [-0.25, -0.2) is 0 Å². The van der Waals surface area contributed by atoms with Gasteiger partial charge in [0.1, 0.15) is 0 Å². The molecule has 0 unspecified atom stereocenters. The van der Waals surface area contributed by atoms with Gasteiger partial charge in [0.15, 0.2) is 0 Å². The summed E-state index contributed by atoms with van der Waals surface area (Å²) in [6, 6.07) is 10.7. The number of unbranched alkanes of at least 4 members (excludes halogenated alkanes) is 1. The van der Waals surface area contributed by atoms with E-state index in [1.54, 1.807) is 0 Å². The third-order valence-corrected chi connectivity index (χ3v) is 4.26. The molecule has 0 aliphatic carbocycles. The number of nitrogens with one attached hydrogen (secondary N) is 1. The van der Waals surface area contributed by atoms with Crippen LogP contribution in [0.4, 0.5) is 0 Å². The molecule has 1 aromatic rings. The molecule has 1 aromatic carbocycles. The first-order valence-electron chi connectivity index (χ1n) is 6.44. The number of aryl methyl sites for hydroxylation is 1. The first kappa shape index (κ1) is 14.6. The first-order valence-corrected chi connectivity index (χ1v) is 7.66. The van der Waals surface area contributed by atoms with E-state index in [1.165, 1.54) is 24.8 Å². The highest BCUT2D eigenvalue weighted by molar-refractivity contribution is 7.99. The van der Waals surface area contributed by atoms with Crippen LogP contribution in [0.2, 0.25) is 0 Å². The van der Waals surface area contributed by atoms with Crippen LogP contribution in [-0.4, -0.2) is 24.1 Å². The molecular weight excluding hydrogens is 226 g/mol. The largest absolute Gasteiger partial charge is 0.315 e. The van der Waals surface area contributed by atoms with Crippen LogP contribution in [0.1, 0.15) is 32.3 Å². The van der Waals surface area contributed by atoms with Crippen molar-refractivity contribution in [2.24, 2.45) is 0 Å². The minimum absolute atomic E-state index is 0.361. The van der Waals surface area contributed by atoms with Crippen molar-refractivity contribution in [2.75, 3.05) is 19.3 Å². The average Bonchev–Trinajstić information content (AvgIpc) is 2.35. The van der Waals surface area contributed by atoms with E-state index >= 15 is 0 Å². The maximum Gasteiger partial charge on any atom is 0.0225 e. The van der Waals surface area contributed by atoms with Crippen molar-refractivity contribution in [3.05, 3.63) is 35.9 Å². The zero-order valence-corrected chi connectivity index (χ0v) is 12.1. The van der Waals surface area contributed by atoms with Crippen molar-refractivity contribution in [3.8, 4) is 0 Å². The van der Waals surface area contributed by atoms with E-state index in [-0.39, 0.29) is 0 Å². The second-order valence-corrected chi connectivity index (χ2v) is 6.60. The lowest BCUT2D eigenvalue weighted by molar-refractivity contribution is 0.565. The van der Waals surface area contributed by atoms with E-state index in [0.717, 1.165) is 13.1 Å². The van der Waals surface area contributed by atoms with Crippen LogP contribution in [0.5, 0.6) is 0 Å². The molecule has 1 nitrogen and oxygen atoms in total. The van der Waals surface area contributed by atoms with Gasteiger partial charge in [0.2, 0.25) is 0 Å². The molecule has 0 radical (unpaired) electrons. The highest BCUT2D eigenvalue weighted by atomic mass is 32.2. The first-order chi connectivity index (χ1) is 8.14. The highest BCUT2D eigenvalue weighted by Gasteiger charge is 2.14. The smallest absolute Gasteiger partial charge is 0.0225 e. The molecule has 0 amide bonds. The Bertz CT molecular complexity index is 295. The normalized spacial score (nSPS) is 11.7. The minimum atomic E-state index is 0.361. The molecule has 2 heteroatoms. The molecule has 0 saturated carbocycles. The van der Waals surface area contributed by atoms with Gasteiger partial charge >= 0.3 is 0 Å². The van der Waals surface area contributed by atoms with E-state index in [1.807, 2.05) is 11.8 Å². The molecule has 17 heavy (non-hydrogen) atoms. The van der Waals surface area contributed by atoms with Gasteiger partial charge < -0.3 is 5.32 Å². The molecule has 0 saturated heterocycles. The molecule has 0 fully saturated rings. The van der Waals surface area contributed by atoms with E-state index < -0.39 is 0 Å². The summed E-state index contributed by atoms with van der Waals surface area (Å²) in [5, 5.41) is 3.54. The Balaban J connectivity index is 2.02. The lowest BCUT2D eigenvalue weighted by atomic mass is 10.1. The lowest BCUT2D eigenvalue weighted by Crippen LogP contribution is -2.32. The fourth-order valence-electron chi connectivity index (χ4n) is 1.69. The standard InChI is InChI=1S/C15H25NS/c1-15(2,17-3)13-16-12-8-7-11-14-9-5-4-6-10-14/h4-6,9-10,16H,7-8,11-13H2,1-3H3. The van der Waals surface area contributed by atoms with Gasteiger partial charge in [-0.3, -0.25) is 0 Å². The summed E-state index contributed by atoms with van der Waals surface area (Å²) in [6.07, 6.45) is 5.92. The lowest BCUT2D eigenvalue weighted by Gasteiger charge is -2.22. The zero-order valence-electron chi connectivity index (χ0n) is 11.3. The number of hydrogen-bond donors (Lipinski definition) is 1. The molecule has 0 aliphatic heterocycles. The van der Waals surface area contributed by atoms with Gasteiger partial charge in [-0.2, -0.15) is 11.8 Å². The molecule has 0 bridgehead atoms. The van der Waals surface area contributed by atoms with Crippen LogP contribution < -0.4 is 5.32 Å². The predicted molar refractivity (Wildman–Crippen MR) is 79.8 cm³/mol. The van der Waals surface area contributed by atoms with Gasteiger partial charge in [0.25, 0.3) is 0 Å². The van der Waals surface area contributed by atoms with E-state index in [2.05, 4.69) is 55.8 Å². The number of benzene rings is 1. The summed E-state index contributed by atoms with van der Waals surface area (Å²) in [5.74, 6) is 0. The minimum Gasteiger partial charge on any atom is -0.315 e. The van der Waals surface area contributed by atoms with Crippen molar-refractivity contribution in [1.82, 2.24) is 5.32 Å². The molecular formula is C15H25NS. The van der Waals surface area contributed by atoms with Gasteiger partial charge in [-0.05, 0) is 51.5 Å². The maximum absolute atomic E-state index is 3.54. The van der Waals surface area contributed by atoms with E-state index in [9.17, 15) is 0 Å². The third-order valence-electron chi connectivity index (χ3n) is 3.02. The maximum atomic E-state index is 3.54. The Morgan fingerprint density at radius 3 is 2.47 bits per heavy atom. The monoisotopic (exact) mass is 251 g/mol. The van der Waals surface area contributed by atoms with Gasteiger partial charge in [-0.1, -0.05) is 30.3 Å². The molecule has 1 N–H and O–H groups in total. The SMILES string of the molecule is CSC(C)(C)CNCCCCc1ccccc1. The van der Waals surface area contributed by atoms with Crippen molar-refractivity contribution < 1.29 is 0 Å². The number of rotatable bonds is 8. The summed E-state index contributed by atoms with van der Waals surface area (Å²) in [6.45, 7) is 6.81. The third kappa shape index (κ3) is 6.75. The van der Waals surface area contributed by atoms with Crippen molar-refractivity contribution >= 4 is 11.8 Å². The second kappa shape index (κ2) is 7.78. The number of thioether (sulfide) groups is 1. The van der Waals surface area contributed by atoms with Crippen LogP contribution >= 0.6 is 11.8 Å². The Morgan fingerprint density at radius 1 is 1.12 bits per heavy atom. The molecule has 0 spiro atoms. The van der Waals surface area contributed by atoms with E-state index in [0.29, 0.717) is 4.75 Å². The summed E-state index contributed by atoms with van der Waals surface area (Å²) in [5.41, 5.74) is 1.46. The fraction of sp³-hybridized carbons (Fsp3) is 0.600. The van der Waals surface area contributed by atoms with Crippen molar-refractivity contribution in [2.45, 2.75) is 37.9 Å². The van der Waals surface area contributed by atoms with E-state index in [4.69, 9.17) is 0 Å². The second-order valence-electron chi connectivity index (χ2n) is 5.08. The van der Waals surface area contributed by atoms with Crippen molar-refractivity contribution in [1.29, 1.82) is 0 Å². The van der Waals surface area contributed by atoms with Crippen LogP contribution in [0, 0.1) is 0 Å². The van der Waals surface area contributed by atoms with Crippen LogP contribution in [-0.2, 0) is 6.42 Å². The summed E-state index contributed by atoms with van der Waals surface area (Å²) in [4.78, 5) is 0. The highest BCUT2D eigenvalue weighted by Crippen LogP contribution is 2.19. The molecule has 0 aliphatic rings. The Labute approximate surface area is 110 Å². The van der Waals surface area contributed by atoms with Crippen molar-refractivity contribution in [3.63, 3.8) is 0 Å². The van der Waals surface area contributed by atoms with Gasteiger partial charge in [-0.15, -0.1) is 0 Å². The quantitative estimate of drug-likeness (QED) is 0.706. The number of hydrogen-bond acceptors (Lipinski definition) is 2. The fourth-order valence-corrected chi connectivity index (χ4v) is 1.93. The summed E-state index contributed by atoms with van der Waals surface area (Å²) >= 11 is 1.93. The molecule has 0 heterocycles. The Kier molecular flexibility index (Phi) is 6.68. The molecule has 96 valence electrons. The van der Waals surface area contributed by atoms with Gasteiger partial charge in [0.05, 0.1) is 0 Å². The molecule has 1 rings (SSSR count). The van der Waals surface area contributed by atoms with Gasteiger partial charge in [0, 0.05) is 11.3 Å². The summed E-state index contributed by atoms with van der Waals surface area (Å²) in [7, 11) is 0. The van der Waals surface area contributed by atoms with Crippen LogP contribution in [0.3, 0.4) is 0 Å². The Hall–Kier alpha value is -0.470. The van der Waals surface area contributed by atoms with Crippen LogP contribution in [0.25, 0.3) is 0 Å². The summed E-state index contributed by atoms with van der Waals surface area (Å²) < 4.78 is 0.361. The average molecular weight is 251 g/mol. The van der Waals surface area contributed by atoms with Crippen LogP contribution in [0.15, 0.2) is 30.3 Å². The molecule has 0 aromatic heterocycles. The Morgan fingerprint density at radius 2 is 1.82 bits per heavy atom. The predicted octanol–water partition coefficient (Wildman–Crippen LogP) is 3.74. The molecule has 0 atom stereocenters.